The van der Waals surface area contributed by atoms with Crippen LogP contribution in [0.4, 0.5) is 5.69 Å². The average molecular weight is 529 g/mol. The Morgan fingerprint density at radius 2 is 1.78 bits per heavy atom. The van der Waals surface area contributed by atoms with Crippen molar-refractivity contribution in [3.05, 3.63) is 64.8 Å². The number of hydrogen-bond donors (Lipinski definition) is 3. The minimum Gasteiger partial charge on any atom is -0.476 e. The zero-order chi connectivity index (χ0) is 27.5. The Hall–Kier alpha value is -3.70. The number of benzene rings is 2. The molecule has 2 aromatic carbocycles. The summed E-state index contributed by atoms with van der Waals surface area (Å²) in [5.74, 6) is -1.54. The van der Waals surface area contributed by atoms with E-state index in [9.17, 15) is 23.1 Å². The highest BCUT2D eigenvalue weighted by Crippen LogP contribution is 2.36. The Labute approximate surface area is 216 Å². The molecule has 1 aromatic heterocycles. The lowest BCUT2D eigenvalue weighted by Gasteiger charge is -2.23. The van der Waals surface area contributed by atoms with Gasteiger partial charge in [-0.2, -0.15) is 5.10 Å². The van der Waals surface area contributed by atoms with Gasteiger partial charge in [0.25, 0.3) is 5.91 Å². The van der Waals surface area contributed by atoms with Gasteiger partial charge in [-0.05, 0) is 70.9 Å². The van der Waals surface area contributed by atoms with E-state index in [2.05, 4.69) is 15.1 Å². The first kappa shape index (κ1) is 27.9. The topological polar surface area (TPSA) is 140 Å². The van der Waals surface area contributed by atoms with Crippen LogP contribution in [0.5, 0.6) is 11.6 Å². The van der Waals surface area contributed by atoms with Crippen molar-refractivity contribution in [3.8, 4) is 11.6 Å². The first-order valence-electron chi connectivity index (χ1n) is 11.8. The molecule has 198 valence electrons. The molecule has 1 amide bonds. The third-order valence-electron chi connectivity index (χ3n) is 5.54. The predicted molar refractivity (Wildman–Crippen MR) is 140 cm³/mol. The standard InChI is InChI=1S/C26H32N4O6S/c1-7-14-27-37(34,35)21-15-18(28-23(31)19-11-9-8-10-16(19)2)12-13-20(21)36-24-17(3)22(25(32)33)29-30(24)26(4,5)6/h8-13,15,27H,7,14H2,1-6H3,(H,28,31)(H,32,33). The van der Waals surface area contributed by atoms with Gasteiger partial charge in [0.2, 0.25) is 15.9 Å². The molecular formula is C26H32N4O6S. The summed E-state index contributed by atoms with van der Waals surface area (Å²) in [6.07, 6.45) is 0.566. The van der Waals surface area contributed by atoms with Crippen molar-refractivity contribution >= 4 is 27.6 Å². The van der Waals surface area contributed by atoms with Gasteiger partial charge in [-0.3, -0.25) is 4.79 Å². The molecule has 1 heterocycles. The molecule has 0 radical (unpaired) electrons. The molecular weight excluding hydrogens is 496 g/mol. The lowest BCUT2D eigenvalue weighted by atomic mass is 10.1. The van der Waals surface area contributed by atoms with Gasteiger partial charge in [0.15, 0.2) is 5.69 Å². The number of carbonyl (C=O) groups is 2. The number of rotatable bonds is 9. The number of anilines is 1. The summed E-state index contributed by atoms with van der Waals surface area (Å²) in [4.78, 5) is 24.4. The molecule has 11 heteroatoms. The molecule has 3 rings (SSSR count). The van der Waals surface area contributed by atoms with Crippen molar-refractivity contribution < 1.29 is 27.9 Å². The van der Waals surface area contributed by atoms with Gasteiger partial charge in [-0.15, -0.1) is 0 Å². The van der Waals surface area contributed by atoms with Crippen LogP contribution in [-0.4, -0.2) is 41.7 Å². The SMILES string of the molecule is CCCNS(=O)(=O)c1cc(NC(=O)c2ccccc2C)ccc1Oc1c(C)c(C(=O)O)nn1C(C)(C)C. The number of carboxylic acids is 1. The number of aryl methyl sites for hydroxylation is 1. The summed E-state index contributed by atoms with van der Waals surface area (Å²) in [7, 11) is -4.05. The number of ether oxygens (including phenoxy) is 1. The van der Waals surface area contributed by atoms with Crippen LogP contribution in [0.15, 0.2) is 47.4 Å². The number of amides is 1. The summed E-state index contributed by atoms with van der Waals surface area (Å²) in [5, 5.41) is 16.5. The molecule has 0 aliphatic rings. The second-order valence-electron chi connectivity index (χ2n) is 9.60. The van der Waals surface area contributed by atoms with Crippen LogP contribution >= 0.6 is 0 Å². The number of nitrogens with zero attached hydrogens (tertiary/aromatic N) is 2. The van der Waals surface area contributed by atoms with Crippen LogP contribution in [0.25, 0.3) is 0 Å². The molecule has 3 N–H and O–H groups in total. The van der Waals surface area contributed by atoms with Gasteiger partial charge in [0.05, 0.1) is 5.54 Å². The number of nitrogens with one attached hydrogen (secondary N) is 2. The highest BCUT2D eigenvalue weighted by molar-refractivity contribution is 7.89. The molecule has 0 aliphatic carbocycles. The Kier molecular flexibility index (Phi) is 8.09. The third kappa shape index (κ3) is 6.17. The summed E-state index contributed by atoms with van der Waals surface area (Å²) < 4.78 is 36.4. The number of aromatic nitrogens is 2. The highest BCUT2D eigenvalue weighted by Gasteiger charge is 2.29. The molecule has 0 aliphatic heterocycles. The molecule has 0 saturated heterocycles. The molecule has 0 fully saturated rings. The van der Waals surface area contributed by atoms with Crippen LogP contribution in [0, 0.1) is 13.8 Å². The van der Waals surface area contributed by atoms with Gasteiger partial charge in [-0.1, -0.05) is 25.1 Å². The van der Waals surface area contributed by atoms with Crippen molar-refractivity contribution in [1.29, 1.82) is 0 Å². The van der Waals surface area contributed by atoms with Crippen LogP contribution < -0.4 is 14.8 Å². The highest BCUT2D eigenvalue weighted by atomic mass is 32.2. The van der Waals surface area contributed by atoms with Crippen molar-refractivity contribution in [2.45, 2.75) is 58.4 Å². The first-order chi connectivity index (χ1) is 17.3. The largest absolute Gasteiger partial charge is 0.476 e. The van der Waals surface area contributed by atoms with Crippen molar-refractivity contribution in [2.24, 2.45) is 0 Å². The maximum absolute atomic E-state index is 13.2. The molecule has 10 nitrogen and oxygen atoms in total. The molecule has 0 unspecified atom stereocenters. The lowest BCUT2D eigenvalue weighted by Crippen LogP contribution is -2.26. The van der Waals surface area contributed by atoms with Crippen LogP contribution in [0.2, 0.25) is 0 Å². The predicted octanol–water partition coefficient (Wildman–Crippen LogP) is 4.69. The fraction of sp³-hybridized carbons (Fsp3) is 0.346. The summed E-state index contributed by atoms with van der Waals surface area (Å²) in [5.41, 5.74) is 0.892. The molecule has 3 aromatic rings. The lowest BCUT2D eigenvalue weighted by molar-refractivity contribution is 0.0687. The second-order valence-corrected chi connectivity index (χ2v) is 11.3. The minimum atomic E-state index is -4.05. The van der Waals surface area contributed by atoms with E-state index in [0.717, 1.165) is 5.56 Å². The van der Waals surface area contributed by atoms with Crippen LogP contribution in [0.1, 0.15) is 66.1 Å². The molecule has 0 bridgehead atoms. The van der Waals surface area contributed by atoms with Gasteiger partial charge < -0.3 is 15.2 Å². The normalized spacial score (nSPS) is 11.8. The summed E-state index contributed by atoms with van der Waals surface area (Å²) in [6, 6.07) is 11.3. The van der Waals surface area contributed by atoms with E-state index in [1.54, 1.807) is 19.1 Å². The van der Waals surface area contributed by atoms with Gasteiger partial charge in [-0.25, -0.2) is 22.6 Å². The second kappa shape index (κ2) is 10.7. The Balaban J connectivity index is 2.10. The van der Waals surface area contributed by atoms with E-state index in [4.69, 9.17) is 4.74 Å². The Morgan fingerprint density at radius 1 is 1.11 bits per heavy atom. The number of aromatic carboxylic acids is 1. The monoisotopic (exact) mass is 528 g/mol. The van der Waals surface area contributed by atoms with E-state index >= 15 is 0 Å². The van der Waals surface area contributed by atoms with Gasteiger partial charge >= 0.3 is 5.97 Å². The molecule has 0 atom stereocenters. The van der Waals surface area contributed by atoms with Crippen molar-refractivity contribution in [2.75, 3.05) is 11.9 Å². The maximum atomic E-state index is 13.2. The Bertz CT molecular complexity index is 1440. The molecule has 0 saturated carbocycles. The average Bonchev–Trinajstić information content (AvgIpc) is 3.15. The van der Waals surface area contributed by atoms with E-state index in [1.807, 2.05) is 46.8 Å². The fourth-order valence-electron chi connectivity index (χ4n) is 3.58. The summed E-state index contributed by atoms with van der Waals surface area (Å²) in [6.45, 7) is 10.9. The molecule has 0 spiro atoms. The summed E-state index contributed by atoms with van der Waals surface area (Å²) >= 11 is 0. The smallest absolute Gasteiger partial charge is 0.356 e. The zero-order valence-corrected chi connectivity index (χ0v) is 22.6. The maximum Gasteiger partial charge on any atom is 0.356 e. The fourth-order valence-corrected chi connectivity index (χ4v) is 4.87. The van der Waals surface area contributed by atoms with E-state index in [-0.39, 0.29) is 45.9 Å². The number of carbonyl (C=O) groups excluding carboxylic acids is 1. The number of hydrogen-bond acceptors (Lipinski definition) is 6. The third-order valence-corrected chi connectivity index (χ3v) is 7.02. The molecule has 37 heavy (non-hydrogen) atoms. The first-order valence-corrected chi connectivity index (χ1v) is 13.3. The Morgan fingerprint density at radius 3 is 2.38 bits per heavy atom. The number of carboxylic acid groups (broad SMARTS) is 1. The van der Waals surface area contributed by atoms with Crippen LogP contribution in [-0.2, 0) is 15.6 Å². The van der Waals surface area contributed by atoms with Crippen LogP contribution in [0.3, 0.4) is 0 Å². The van der Waals surface area contributed by atoms with E-state index < -0.39 is 21.5 Å². The zero-order valence-electron chi connectivity index (χ0n) is 21.7. The minimum absolute atomic E-state index is 0.0390. The van der Waals surface area contributed by atoms with Crippen molar-refractivity contribution in [3.63, 3.8) is 0 Å². The van der Waals surface area contributed by atoms with E-state index in [1.165, 1.54) is 22.9 Å². The van der Waals surface area contributed by atoms with Gasteiger partial charge in [0, 0.05) is 23.4 Å². The van der Waals surface area contributed by atoms with E-state index in [0.29, 0.717) is 12.0 Å². The number of sulfonamides is 1. The quantitative estimate of drug-likeness (QED) is 0.366. The van der Waals surface area contributed by atoms with Gasteiger partial charge in [0.1, 0.15) is 10.6 Å². The van der Waals surface area contributed by atoms with Crippen molar-refractivity contribution in [1.82, 2.24) is 14.5 Å².